The van der Waals surface area contributed by atoms with Gasteiger partial charge in [0.15, 0.2) is 0 Å². The molecule has 1 heterocycles. The van der Waals surface area contributed by atoms with Crippen molar-refractivity contribution in [1.29, 1.82) is 0 Å². The highest BCUT2D eigenvalue weighted by Crippen LogP contribution is 2.30. The van der Waals surface area contributed by atoms with Gasteiger partial charge in [-0.3, -0.25) is 5.43 Å². The van der Waals surface area contributed by atoms with Gasteiger partial charge in [0, 0.05) is 30.2 Å². The van der Waals surface area contributed by atoms with E-state index in [9.17, 15) is 0 Å². The zero-order chi connectivity index (χ0) is 16.9. The molecule has 0 bridgehead atoms. The van der Waals surface area contributed by atoms with Crippen LogP contribution in [0.5, 0.6) is 0 Å². The molecule has 3 aromatic rings. The second-order valence-electron chi connectivity index (χ2n) is 5.65. The number of anilines is 2. The van der Waals surface area contributed by atoms with Gasteiger partial charge in [-0.15, -0.1) is 11.3 Å². The van der Waals surface area contributed by atoms with Crippen LogP contribution in [0.3, 0.4) is 0 Å². The van der Waals surface area contributed by atoms with Gasteiger partial charge in [0.25, 0.3) is 0 Å². The quantitative estimate of drug-likeness (QED) is 0.545. The Balaban J connectivity index is 1.69. The molecular formula is C19H20N4S. The summed E-state index contributed by atoms with van der Waals surface area (Å²) in [7, 11) is 4.06. The molecule has 1 aromatic heterocycles. The maximum absolute atomic E-state index is 4.64. The van der Waals surface area contributed by atoms with Crippen molar-refractivity contribution in [2.24, 2.45) is 5.10 Å². The molecule has 0 spiro atoms. The molecule has 3 rings (SSSR count). The summed E-state index contributed by atoms with van der Waals surface area (Å²) in [5, 5.41) is 5.09. The number of nitrogens with one attached hydrogen (secondary N) is 1. The molecule has 0 saturated heterocycles. The van der Waals surface area contributed by atoms with Gasteiger partial charge in [0.2, 0.25) is 5.13 Å². The van der Waals surface area contributed by atoms with E-state index in [1.54, 1.807) is 17.6 Å². The fourth-order valence-corrected chi connectivity index (χ4v) is 3.11. The van der Waals surface area contributed by atoms with Gasteiger partial charge in [0.05, 0.1) is 11.9 Å². The number of aryl methyl sites for hydroxylation is 1. The number of hydrogen-bond acceptors (Lipinski definition) is 5. The highest BCUT2D eigenvalue weighted by atomic mass is 32.1. The van der Waals surface area contributed by atoms with Crippen molar-refractivity contribution in [1.82, 2.24) is 4.98 Å². The summed E-state index contributed by atoms with van der Waals surface area (Å²) in [5.41, 5.74) is 7.38. The van der Waals surface area contributed by atoms with E-state index in [-0.39, 0.29) is 0 Å². The summed E-state index contributed by atoms with van der Waals surface area (Å²) in [6, 6.07) is 18.4. The molecule has 122 valence electrons. The van der Waals surface area contributed by atoms with Gasteiger partial charge in [-0.25, -0.2) is 4.98 Å². The van der Waals surface area contributed by atoms with Crippen LogP contribution >= 0.6 is 11.3 Å². The Morgan fingerprint density at radius 3 is 2.42 bits per heavy atom. The Bertz CT molecular complexity index is 820. The molecule has 0 radical (unpaired) electrons. The number of benzene rings is 2. The molecule has 2 aromatic carbocycles. The third kappa shape index (κ3) is 3.81. The van der Waals surface area contributed by atoms with Crippen LogP contribution in [0.15, 0.2) is 59.7 Å². The molecule has 24 heavy (non-hydrogen) atoms. The van der Waals surface area contributed by atoms with Gasteiger partial charge in [-0.05, 0) is 24.6 Å². The van der Waals surface area contributed by atoms with Gasteiger partial charge in [0.1, 0.15) is 0 Å². The van der Waals surface area contributed by atoms with Crippen LogP contribution in [-0.2, 0) is 0 Å². The highest BCUT2D eigenvalue weighted by Gasteiger charge is 2.08. The third-order valence-corrected chi connectivity index (χ3v) is 4.50. The first-order valence-corrected chi connectivity index (χ1v) is 8.54. The van der Waals surface area contributed by atoms with E-state index in [0.29, 0.717) is 0 Å². The van der Waals surface area contributed by atoms with E-state index in [1.165, 1.54) is 10.6 Å². The fraction of sp³-hybridized carbons (Fsp3) is 0.158. The Labute approximate surface area is 146 Å². The molecule has 5 heteroatoms. The second-order valence-corrected chi connectivity index (χ2v) is 6.85. The monoisotopic (exact) mass is 336 g/mol. The van der Waals surface area contributed by atoms with Crippen LogP contribution in [-0.4, -0.2) is 25.3 Å². The lowest BCUT2D eigenvalue weighted by Crippen LogP contribution is -2.08. The predicted molar refractivity (Wildman–Crippen MR) is 104 cm³/mol. The lowest BCUT2D eigenvalue weighted by Gasteiger charge is -2.11. The van der Waals surface area contributed by atoms with Crippen LogP contribution in [0.4, 0.5) is 10.8 Å². The van der Waals surface area contributed by atoms with Gasteiger partial charge in [-0.1, -0.05) is 42.5 Å². The zero-order valence-corrected chi connectivity index (χ0v) is 14.8. The van der Waals surface area contributed by atoms with E-state index in [4.69, 9.17) is 0 Å². The van der Waals surface area contributed by atoms with Crippen LogP contribution in [0.2, 0.25) is 0 Å². The number of thiazole rings is 1. The average Bonchev–Trinajstić information content (AvgIpc) is 2.97. The lowest BCUT2D eigenvalue weighted by molar-refractivity contribution is 1.13. The first-order chi connectivity index (χ1) is 11.6. The van der Waals surface area contributed by atoms with Crippen molar-refractivity contribution < 1.29 is 0 Å². The van der Waals surface area contributed by atoms with Crippen molar-refractivity contribution in [3.8, 4) is 11.3 Å². The maximum Gasteiger partial charge on any atom is 0.204 e. The fourth-order valence-electron chi connectivity index (χ4n) is 2.33. The van der Waals surface area contributed by atoms with Crippen LogP contribution in [0.25, 0.3) is 11.3 Å². The Kier molecular flexibility index (Phi) is 4.91. The standard InChI is InChI=1S/C19H20N4S/c1-14-18(16-7-5-4-6-8-16)21-19(24-14)22-20-13-15-9-11-17(12-10-15)23(2)3/h4-13H,1-3H3,(H,21,22)/b20-13+. The van der Waals surface area contributed by atoms with Crippen LogP contribution in [0, 0.1) is 6.92 Å². The molecule has 1 N–H and O–H groups in total. The molecule has 0 amide bonds. The van der Waals surface area contributed by atoms with Crippen LogP contribution < -0.4 is 10.3 Å². The molecule has 0 saturated carbocycles. The van der Waals surface area contributed by atoms with Gasteiger partial charge in [-0.2, -0.15) is 5.10 Å². The Morgan fingerprint density at radius 2 is 1.75 bits per heavy atom. The van der Waals surface area contributed by atoms with E-state index < -0.39 is 0 Å². The maximum atomic E-state index is 4.64. The zero-order valence-electron chi connectivity index (χ0n) is 14.0. The lowest BCUT2D eigenvalue weighted by atomic mass is 10.1. The van der Waals surface area contributed by atoms with Crippen molar-refractivity contribution in [3.05, 3.63) is 65.0 Å². The minimum absolute atomic E-state index is 0.799. The minimum Gasteiger partial charge on any atom is -0.378 e. The van der Waals surface area contributed by atoms with E-state index in [1.807, 2.05) is 44.4 Å². The summed E-state index contributed by atoms with van der Waals surface area (Å²) in [4.78, 5) is 7.88. The van der Waals surface area contributed by atoms with Crippen molar-refractivity contribution in [2.75, 3.05) is 24.4 Å². The number of rotatable bonds is 5. The van der Waals surface area contributed by atoms with Crippen molar-refractivity contribution in [3.63, 3.8) is 0 Å². The summed E-state index contributed by atoms with van der Waals surface area (Å²) < 4.78 is 0. The highest BCUT2D eigenvalue weighted by molar-refractivity contribution is 7.15. The summed E-state index contributed by atoms with van der Waals surface area (Å²) >= 11 is 1.61. The third-order valence-electron chi connectivity index (χ3n) is 3.63. The second kappa shape index (κ2) is 7.27. The smallest absolute Gasteiger partial charge is 0.204 e. The molecule has 0 unspecified atom stereocenters. The number of hydrazone groups is 1. The van der Waals surface area contributed by atoms with Crippen LogP contribution in [0.1, 0.15) is 10.4 Å². The summed E-state index contributed by atoms with van der Waals surface area (Å²) in [6.07, 6.45) is 1.80. The molecule has 0 aliphatic heterocycles. The summed E-state index contributed by atoms with van der Waals surface area (Å²) in [5.74, 6) is 0. The van der Waals surface area contributed by atoms with E-state index in [0.717, 1.165) is 22.0 Å². The van der Waals surface area contributed by atoms with Crippen molar-refractivity contribution in [2.45, 2.75) is 6.92 Å². The van der Waals surface area contributed by atoms with Crippen molar-refractivity contribution >= 4 is 28.4 Å². The minimum atomic E-state index is 0.799. The molecule has 0 aliphatic carbocycles. The first-order valence-electron chi connectivity index (χ1n) is 7.73. The molecule has 0 atom stereocenters. The molecule has 4 nitrogen and oxygen atoms in total. The summed E-state index contributed by atoms with van der Waals surface area (Å²) in [6.45, 7) is 2.08. The number of nitrogens with zero attached hydrogens (tertiary/aromatic N) is 3. The molecule has 0 aliphatic rings. The predicted octanol–water partition coefficient (Wildman–Crippen LogP) is 4.63. The Morgan fingerprint density at radius 1 is 1.04 bits per heavy atom. The normalized spacial score (nSPS) is 11.0. The van der Waals surface area contributed by atoms with E-state index >= 15 is 0 Å². The SMILES string of the molecule is Cc1sc(N/N=C/c2ccc(N(C)C)cc2)nc1-c1ccccc1. The van der Waals surface area contributed by atoms with Gasteiger partial charge >= 0.3 is 0 Å². The first kappa shape index (κ1) is 16.2. The van der Waals surface area contributed by atoms with Gasteiger partial charge < -0.3 is 4.90 Å². The molecule has 0 fully saturated rings. The number of hydrogen-bond donors (Lipinski definition) is 1. The largest absolute Gasteiger partial charge is 0.378 e. The number of aromatic nitrogens is 1. The Hall–Kier alpha value is -2.66. The average molecular weight is 336 g/mol. The molecular weight excluding hydrogens is 316 g/mol. The topological polar surface area (TPSA) is 40.5 Å². The van der Waals surface area contributed by atoms with E-state index in [2.05, 4.69) is 51.6 Å².